The summed E-state index contributed by atoms with van der Waals surface area (Å²) in [6, 6.07) is 0. The second kappa shape index (κ2) is 5.47. The summed E-state index contributed by atoms with van der Waals surface area (Å²) in [4.78, 5) is 12.1. The van der Waals surface area contributed by atoms with E-state index in [0.29, 0.717) is 11.3 Å². The van der Waals surface area contributed by atoms with E-state index in [-0.39, 0.29) is 0 Å². The molecular weight excluding hydrogens is 260 g/mol. The van der Waals surface area contributed by atoms with E-state index in [1.165, 1.54) is 37.7 Å². The molecule has 1 aromatic heterocycles. The zero-order valence-corrected chi connectivity index (χ0v) is 13.9. The third-order valence-corrected chi connectivity index (χ3v) is 5.44. The van der Waals surface area contributed by atoms with Crippen molar-refractivity contribution in [2.45, 2.75) is 58.8 Å². The minimum absolute atomic E-state index is 0.516. The molecule has 1 saturated heterocycles. The van der Waals surface area contributed by atoms with E-state index in [2.05, 4.69) is 31.0 Å². The van der Waals surface area contributed by atoms with Gasteiger partial charge >= 0.3 is 0 Å². The molecule has 2 fully saturated rings. The van der Waals surface area contributed by atoms with Gasteiger partial charge in [0.25, 0.3) is 0 Å². The Morgan fingerprint density at radius 1 is 1.24 bits per heavy atom. The van der Waals surface area contributed by atoms with Gasteiger partial charge in [0.05, 0.1) is 0 Å². The van der Waals surface area contributed by atoms with Crippen molar-refractivity contribution in [3.8, 4) is 0 Å². The van der Waals surface area contributed by atoms with Gasteiger partial charge in [-0.15, -0.1) is 0 Å². The second-order valence-corrected chi connectivity index (χ2v) is 7.05. The predicted octanol–water partition coefficient (Wildman–Crippen LogP) is 3.72. The number of hydrogen-bond acceptors (Lipinski definition) is 4. The molecule has 0 aromatic carbocycles. The molecule has 0 spiro atoms. The van der Waals surface area contributed by atoms with Crippen molar-refractivity contribution < 1.29 is 0 Å². The zero-order chi connectivity index (χ0) is 15.0. The molecular formula is C17H28N4. The van der Waals surface area contributed by atoms with Crippen molar-refractivity contribution in [1.29, 1.82) is 0 Å². The average Bonchev–Trinajstić information content (AvgIpc) is 3.33. The van der Waals surface area contributed by atoms with Gasteiger partial charge in [-0.2, -0.15) is 0 Å². The normalized spacial score (nSPS) is 21.4. The minimum atomic E-state index is 0.516. The summed E-state index contributed by atoms with van der Waals surface area (Å²) in [7, 11) is 1.96. The lowest BCUT2D eigenvalue weighted by Crippen LogP contribution is -2.39. The van der Waals surface area contributed by atoms with Crippen molar-refractivity contribution in [3.63, 3.8) is 0 Å². The third kappa shape index (κ3) is 2.85. The van der Waals surface area contributed by atoms with Crippen molar-refractivity contribution in [1.82, 2.24) is 9.97 Å². The minimum Gasteiger partial charge on any atom is -0.373 e. The molecule has 0 amide bonds. The van der Waals surface area contributed by atoms with Gasteiger partial charge in [0.1, 0.15) is 17.5 Å². The number of nitrogens with one attached hydrogen (secondary N) is 1. The van der Waals surface area contributed by atoms with Crippen LogP contribution < -0.4 is 10.2 Å². The Kier molecular flexibility index (Phi) is 3.80. The SMILES string of the molecule is CCC1(C)CCN(c2nc(C3CC3)nc(NC)c2C)CC1. The molecule has 0 radical (unpaired) electrons. The van der Waals surface area contributed by atoms with Gasteiger partial charge in [0.2, 0.25) is 0 Å². The van der Waals surface area contributed by atoms with Gasteiger partial charge in [-0.3, -0.25) is 0 Å². The van der Waals surface area contributed by atoms with Crippen LogP contribution in [-0.4, -0.2) is 30.1 Å². The molecule has 2 aliphatic rings. The summed E-state index contributed by atoms with van der Waals surface area (Å²) < 4.78 is 0. The van der Waals surface area contributed by atoms with Crippen LogP contribution in [0.3, 0.4) is 0 Å². The lowest BCUT2D eigenvalue weighted by molar-refractivity contribution is 0.237. The van der Waals surface area contributed by atoms with Crippen LogP contribution in [0.25, 0.3) is 0 Å². The van der Waals surface area contributed by atoms with Crippen LogP contribution in [0.15, 0.2) is 0 Å². The van der Waals surface area contributed by atoms with E-state index in [1.54, 1.807) is 0 Å². The standard InChI is InChI=1S/C17H28N4/c1-5-17(3)8-10-21(11-9-17)16-12(2)14(18-4)19-15(20-16)13-6-7-13/h13H,5-11H2,1-4H3,(H,18,19,20). The Bertz CT molecular complexity index is 514. The summed E-state index contributed by atoms with van der Waals surface area (Å²) in [5.41, 5.74) is 1.71. The summed E-state index contributed by atoms with van der Waals surface area (Å²) in [6.45, 7) is 9.12. The first-order valence-electron chi connectivity index (χ1n) is 8.37. The van der Waals surface area contributed by atoms with E-state index in [4.69, 9.17) is 9.97 Å². The Morgan fingerprint density at radius 2 is 1.90 bits per heavy atom. The van der Waals surface area contributed by atoms with Gasteiger partial charge < -0.3 is 10.2 Å². The largest absolute Gasteiger partial charge is 0.373 e. The molecule has 0 atom stereocenters. The maximum absolute atomic E-state index is 4.91. The fraction of sp³-hybridized carbons (Fsp3) is 0.765. The number of piperidine rings is 1. The highest BCUT2D eigenvalue weighted by Crippen LogP contribution is 2.41. The molecule has 1 saturated carbocycles. The van der Waals surface area contributed by atoms with Crippen molar-refractivity contribution >= 4 is 11.6 Å². The molecule has 2 heterocycles. The number of rotatable bonds is 4. The van der Waals surface area contributed by atoms with Crippen LogP contribution in [0.5, 0.6) is 0 Å². The van der Waals surface area contributed by atoms with Crippen LogP contribution >= 0.6 is 0 Å². The fourth-order valence-corrected chi connectivity index (χ4v) is 3.21. The maximum Gasteiger partial charge on any atom is 0.137 e. The molecule has 0 unspecified atom stereocenters. The molecule has 3 rings (SSSR count). The number of anilines is 2. The topological polar surface area (TPSA) is 41.1 Å². The van der Waals surface area contributed by atoms with E-state index >= 15 is 0 Å². The van der Waals surface area contributed by atoms with Gasteiger partial charge in [0, 0.05) is 31.6 Å². The van der Waals surface area contributed by atoms with Crippen LogP contribution in [-0.2, 0) is 0 Å². The van der Waals surface area contributed by atoms with E-state index in [0.717, 1.165) is 30.5 Å². The Hall–Kier alpha value is -1.32. The van der Waals surface area contributed by atoms with Gasteiger partial charge in [-0.05, 0) is 38.0 Å². The predicted molar refractivity (Wildman–Crippen MR) is 88.1 cm³/mol. The lowest BCUT2D eigenvalue weighted by atomic mass is 9.78. The lowest BCUT2D eigenvalue weighted by Gasteiger charge is -2.40. The summed E-state index contributed by atoms with van der Waals surface area (Å²) in [5, 5.41) is 3.25. The molecule has 1 aliphatic carbocycles. The number of aromatic nitrogens is 2. The van der Waals surface area contributed by atoms with Crippen LogP contribution in [0.2, 0.25) is 0 Å². The summed E-state index contributed by atoms with van der Waals surface area (Å²) >= 11 is 0. The zero-order valence-electron chi connectivity index (χ0n) is 13.9. The van der Waals surface area contributed by atoms with Crippen molar-refractivity contribution in [2.24, 2.45) is 5.41 Å². The van der Waals surface area contributed by atoms with Gasteiger partial charge in [-0.25, -0.2) is 9.97 Å². The molecule has 1 aromatic rings. The first kappa shape index (κ1) is 14.6. The number of nitrogens with zero attached hydrogens (tertiary/aromatic N) is 3. The molecule has 21 heavy (non-hydrogen) atoms. The second-order valence-electron chi connectivity index (χ2n) is 7.05. The van der Waals surface area contributed by atoms with E-state index in [9.17, 15) is 0 Å². The molecule has 1 aliphatic heterocycles. The Morgan fingerprint density at radius 3 is 2.43 bits per heavy atom. The van der Waals surface area contributed by atoms with Gasteiger partial charge in [0.15, 0.2) is 0 Å². The number of hydrogen-bond donors (Lipinski definition) is 1. The van der Waals surface area contributed by atoms with E-state index in [1.807, 2.05) is 7.05 Å². The first-order chi connectivity index (χ1) is 10.1. The van der Waals surface area contributed by atoms with Crippen molar-refractivity contribution in [2.75, 3.05) is 30.4 Å². The van der Waals surface area contributed by atoms with Crippen LogP contribution in [0.1, 0.15) is 63.3 Å². The summed E-state index contributed by atoms with van der Waals surface area (Å²) in [6.07, 6.45) is 6.30. The summed E-state index contributed by atoms with van der Waals surface area (Å²) in [5.74, 6) is 3.81. The molecule has 0 bridgehead atoms. The molecule has 1 N–H and O–H groups in total. The Balaban J connectivity index is 1.86. The highest BCUT2D eigenvalue weighted by molar-refractivity contribution is 5.59. The van der Waals surface area contributed by atoms with Crippen LogP contribution in [0.4, 0.5) is 11.6 Å². The quantitative estimate of drug-likeness (QED) is 0.916. The smallest absolute Gasteiger partial charge is 0.137 e. The average molecular weight is 288 g/mol. The highest BCUT2D eigenvalue weighted by atomic mass is 15.2. The fourth-order valence-electron chi connectivity index (χ4n) is 3.21. The Labute approximate surface area is 128 Å². The monoisotopic (exact) mass is 288 g/mol. The van der Waals surface area contributed by atoms with Crippen molar-refractivity contribution in [3.05, 3.63) is 11.4 Å². The first-order valence-corrected chi connectivity index (χ1v) is 8.37. The van der Waals surface area contributed by atoms with E-state index < -0.39 is 0 Å². The molecule has 4 nitrogen and oxygen atoms in total. The van der Waals surface area contributed by atoms with Gasteiger partial charge in [-0.1, -0.05) is 20.3 Å². The maximum atomic E-state index is 4.91. The molecule has 116 valence electrons. The third-order valence-electron chi connectivity index (χ3n) is 5.44. The molecule has 4 heteroatoms. The highest BCUT2D eigenvalue weighted by Gasteiger charge is 2.32. The van der Waals surface area contributed by atoms with Crippen LogP contribution in [0, 0.1) is 12.3 Å².